The number of carbonyl (C=O) groups excluding carboxylic acids is 1. The highest BCUT2D eigenvalue weighted by Gasteiger charge is 2.31. The van der Waals surface area contributed by atoms with Crippen molar-refractivity contribution in [2.24, 2.45) is 11.1 Å². The normalized spacial score (nSPS) is 14.4. The Morgan fingerprint density at radius 2 is 1.89 bits per heavy atom. The summed E-state index contributed by atoms with van der Waals surface area (Å²) in [5.74, 6) is -0.281. The van der Waals surface area contributed by atoms with Crippen molar-refractivity contribution in [1.29, 1.82) is 5.26 Å². The summed E-state index contributed by atoms with van der Waals surface area (Å²) in [6, 6.07) is 11.3. The quantitative estimate of drug-likeness (QED) is 0.844. The predicted octanol–water partition coefficient (Wildman–Crippen LogP) is 1.53. The van der Waals surface area contributed by atoms with Gasteiger partial charge in [-0.25, -0.2) is 0 Å². The summed E-state index contributed by atoms with van der Waals surface area (Å²) in [6.07, 6.45) is 0. The van der Waals surface area contributed by atoms with Crippen molar-refractivity contribution in [1.82, 2.24) is 5.32 Å². The number of nitrogens with two attached hydrogens (primary N) is 1. The van der Waals surface area contributed by atoms with E-state index >= 15 is 0 Å². The van der Waals surface area contributed by atoms with Gasteiger partial charge in [0.25, 0.3) is 0 Å². The van der Waals surface area contributed by atoms with Gasteiger partial charge in [0.1, 0.15) is 5.54 Å². The zero-order valence-corrected chi connectivity index (χ0v) is 11.0. The average molecular weight is 245 g/mol. The van der Waals surface area contributed by atoms with E-state index in [0.29, 0.717) is 0 Å². The molecule has 0 fully saturated rings. The predicted molar refractivity (Wildman–Crippen MR) is 70.4 cm³/mol. The van der Waals surface area contributed by atoms with E-state index in [0.717, 1.165) is 5.56 Å². The summed E-state index contributed by atoms with van der Waals surface area (Å²) in [5.41, 5.74) is 5.12. The Morgan fingerprint density at radius 3 is 2.39 bits per heavy atom. The molecule has 1 aromatic carbocycles. The standard InChI is InChI=1S/C14H19N3O/c1-13(2,9-15)10-17-12(18)14(3,16)11-7-5-4-6-8-11/h4-8H,10,16H2,1-3H3,(H,17,18). The topological polar surface area (TPSA) is 78.9 Å². The molecular weight excluding hydrogens is 226 g/mol. The minimum Gasteiger partial charge on any atom is -0.353 e. The van der Waals surface area contributed by atoms with Gasteiger partial charge in [-0.1, -0.05) is 30.3 Å². The van der Waals surface area contributed by atoms with E-state index in [9.17, 15) is 4.79 Å². The van der Waals surface area contributed by atoms with Crippen molar-refractivity contribution in [2.45, 2.75) is 26.3 Å². The second-order valence-corrected chi connectivity index (χ2v) is 5.25. The highest BCUT2D eigenvalue weighted by Crippen LogP contribution is 2.18. The van der Waals surface area contributed by atoms with E-state index in [2.05, 4.69) is 11.4 Å². The van der Waals surface area contributed by atoms with Crippen molar-refractivity contribution < 1.29 is 4.79 Å². The first kappa shape index (κ1) is 14.2. The molecule has 1 amide bonds. The lowest BCUT2D eigenvalue weighted by atomic mass is 9.91. The number of nitrogens with zero attached hydrogens (tertiary/aromatic N) is 1. The molecule has 0 radical (unpaired) electrons. The van der Waals surface area contributed by atoms with Gasteiger partial charge >= 0.3 is 0 Å². The van der Waals surface area contributed by atoms with Gasteiger partial charge < -0.3 is 11.1 Å². The highest BCUT2D eigenvalue weighted by atomic mass is 16.2. The van der Waals surface area contributed by atoms with Crippen LogP contribution in [0.15, 0.2) is 30.3 Å². The number of benzene rings is 1. The Labute approximate surface area is 108 Å². The lowest BCUT2D eigenvalue weighted by molar-refractivity contribution is -0.126. The maximum Gasteiger partial charge on any atom is 0.244 e. The van der Waals surface area contributed by atoms with Crippen LogP contribution >= 0.6 is 0 Å². The molecule has 1 atom stereocenters. The molecular formula is C14H19N3O. The first-order chi connectivity index (χ1) is 8.29. The van der Waals surface area contributed by atoms with Crippen LogP contribution in [0.25, 0.3) is 0 Å². The first-order valence-electron chi connectivity index (χ1n) is 5.83. The fourth-order valence-corrected chi connectivity index (χ4v) is 1.44. The maximum absolute atomic E-state index is 12.1. The molecule has 18 heavy (non-hydrogen) atoms. The van der Waals surface area contributed by atoms with E-state index in [1.165, 1.54) is 0 Å². The van der Waals surface area contributed by atoms with Gasteiger partial charge in [-0.05, 0) is 26.3 Å². The summed E-state index contributed by atoms with van der Waals surface area (Å²) >= 11 is 0. The van der Waals surface area contributed by atoms with Gasteiger partial charge in [0.2, 0.25) is 5.91 Å². The van der Waals surface area contributed by atoms with Crippen LogP contribution in [0.1, 0.15) is 26.3 Å². The summed E-state index contributed by atoms with van der Waals surface area (Å²) in [7, 11) is 0. The van der Waals surface area contributed by atoms with Crippen molar-refractivity contribution in [3.05, 3.63) is 35.9 Å². The zero-order chi connectivity index (χ0) is 13.8. The number of rotatable bonds is 4. The van der Waals surface area contributed by atoms with Crippen molar-refractivity contribution >= 4 is 5.91 Å². The van der Waals surface area contributed by atoms with Crippen LogP contribution in [-0.2, 0) is 10.3 Å². The molecule has 3 N–H and O–H groups in total. The third-order valence-electron chi connectivity index (χ3n) is 2.84. The van der Waals surface area contributed by atoms with E-state index in [-0.39, 0.29) is 12.5 Å². The molecule has 0 saturated carbocycles. The Morgan fingerprint density at radius 1 is 1.33 bits per heavy atom. The molecule has 0 saturated heterocycles. The van der Waals surface area contributed by atoms with Gasteiger partial charge in [-0.3, -0.25) is 4.79 Å². The lowest BCUT2D eigenvalue weighted by Crippen LogP contribution is -2.50. The largest absolute Gasteiger partial charge is 0.353 e. The van der Waals surface area contributed by atoms with Gasteiger partial charge in [-0.2, -0.15) is 5.26 Å². The number of nitrogens with one attached hydrogen (secondary N) is 1. The molecule has 4 nitrogen and oxygen atoms in total. The fourth-order valence-electron chi connectivity index (χ4n) is 1.44. The molecule has 0 spiro atoms. The second kappa shape index (κ2) is 5.19. The molecule has 1 aromatic rings. The first-order valence-corrected chi connectivity index (χ1v) is 5.83. The fraction of sp³-hybridized carbons (Fsp3) is 0.429. The molecule has 0 aliphatic heterocycles. The third kappa shape index (κ3) is 3.31. The molecule has 0 bridgehead atoms. The number of amides is 1. The minimum absolute atomic E-state index is 0.280. The number of hydrogen-bond acceptors (Lipinski definition) is 3. The summed E-state index contributed by atoms with van der Waals surface area (Å²) in [5, 5.41) is 11.6. The number of hydrogen-bond donors (Lipinski definition) is 2. The van der Waals surface area contributed by atoms with Gasteiger partial charge in [-0.15, -0.1) is 0 Å². The maximum atomic E-state index is 12.1. The second-order valence-electron chi connectivity index (χ2n) is 5.25. The van der Waals surface area contributed by atoms with Crippen LogP contribution in [0.2, 0.25) is 0 Å². The monoisotopic (exact) mass is 245 g/mol. The molecule has 1 unspecified atom stereocenters. The zero-order valence-electron chi connectivity index (χ0n) is 11.0. The third-order valence-corrected chi connectivity index (χ3v) is 2.84. The van der Waals surface area contributed by atoms with Crippen LogP contribution in [-0.4, -0.2) is 12.5 Å². The molecule has 96 valence electrons. The van der Waals surface area contributed by atoms with E-state index in [1.807, 2.05) is 30.3 Å². The SMILES string of the molecule is CC(C)(C#N)CNC(=O)C(C)(N)c1ccccc1. The van der Waals surface area contributed by atoms with E-state index in [1.54, 1.807) is 20.8 Å². The van der Waals surface area contributed by atoms with Crippen LogP contribution in [0.4, 0.5) is 0 Å². The van der Waals surface area contributed by atoms with Gasteiger partial charge in [0.15, 0.2) is 0 Å². The van der Waals surface area contributed by atoms with Gasteiger partial charge in [0.05, 0.1) is 11.5 Å². The van der Waals surface area contributed by atoms with Crippen LogP contribution in [0.5, 0.6) is 0 Å². The van der Waals surface area contributed by atoms with Crippen LogP contribution < -0.4 is 11.1 Å². The van der Waals surface area contributed by atoms with Crippen molar-refractivity contribution in [2.75, 3.05) is 6.54 Å². The van der Waals surface area contributed by atoms with Gasteiger partial charge in [0, 0.05) is 6.54 Å². The Bertz CT molecular complexity index is 458. The summed E-state index contributed by atoms with van der Waals surface area (Å²) < 4.78 is 0. The van der Waals surface area contributed by atoms with Crippen LogP contribution in [0.3, 0.4) is 0 Å². The van der Waals surface area contributed by atoms with Crippen LogP contribution in [0, 0.1) is 16.7 Å². The Kier molecular flexibility index (Phi) is 4.10. The summed E-state index contributed by atoms with van der Waals surface area (Å²) in [4.78, 5) is 12.1. The molecule has 0 heterocycles. The Hall–Kier alpha value is -1.86. The minimum atomic E-state index is -1.09. The number of nitriles is 1. The highest BCUT2D eigenvalue weighted by molar-refractivity contribution is 5.87. The van der Waals surface area contributed by atoms with Crippen molar-refractivity contribution in [3.63, 3.8) is 0 Å². The molecule has 4 heteroatoms. The molecule has 0 aliphatic rings. The van der Waals surface area contributed by atoms with E-state index in [4.69, 9.17) is 11.0 Å². The Balaban J connectivity index is 2.76. The number of carbonyl (C=O) groups is 1. The van der Waals surface area contributed by atoms with Crippen molar-refractivity contribution in [3.8, 4) is 6.07 Å². The molecule has 0 aliphatic carbocycles. The summed E-state index contributed by atoms with van der Waals surface area (Å²) in [6.45, 7) is 5.48. The smallest absolute Gasteiger partial charge is 0.244 e. The lowest BCUT2D eigenvalue weighted by Gasteiger charge is -2.26. The molecule has 0 aromatic heterocycles. The van der Waals surface area contributed by atoms with E-state index < -0.39 is 11.0 Å². The average Bonchev–Trinajstić information content (AvgIpc) is 2.37. The molecule has 1 rings (SSSR count).